The van der Waals surface area contributed by atoms with Crippen molar-refractivity contribution >= 4 is 35.4 Å². The number of hydrogen-bond acceptors (Lipinski definition) is 9. The summed E-state index contributed by atoms with van der Waals surface area (Å²) in [5.41, 5.74) is 1.44. The summed E-state index contributed by atoms with van der Waals surface area (Å²) >= 11 is 0. The Morgan fingerprint density at radius 3 is 2.14 bits per heavy atom. The van der Waals surface area contributed by atoms with Crippen molar-refractivity contribution in [1.29, 1.82) is 0 Å². The summed E-state index contributed by atoms with van der Waals surface area (Å²) in [6.45, 7) is -0.0954. The molecule has 2 aromatic rings. The number of imide groups is 1. The quantitative estimate of drug-likeness (QED) is 0.0762. The van der Waals surface area contributed by atoms with E-state index < -0.39 is 48.2 Å². The van der Waals surface area contributed by atoms with Crippen molar-refractivity contribution in [2.24, 2.45) is 5.92 Å². The van der Waals surface area contributed by atoms with E-state index in [9.17, 15) is 37.1 Å². The van der Waals surface area contributed by atoms with Crippen LogP contribution in [0.2, 0.25) is 0 Å². The molecule has 1 unspecified atom stereocenters. The van der Waals surface area contributed by atoms with Crippen molar-refractivity contribution < 1.29 is 56.1 Å². The molecular formula is C37H32F3NO9. The lowest BCUT2D eigenvalue weighted by Gasteiger charge is -2.20. The van der Waals surface area contributed by atoms with Gasteiger partial charge in [-0.2, -0.15) is 13.2 Å². The number of rotatable bonds is 12. The fraction of sp³-hybridized carbons (Fsp3) is 0.270. The Kier molecular flexibility index (Phi) is 11.5. The predicted octanol–water partition coefficient (Wildman–Crippen LogP) is 6.99. The molecule has 50 heavy (non-hydrogen) atoms. The van der Waals surface area contributed by atoms with Gasteiger partial charge in [0.2, 0.25) is 0 Å². The van der Waals surface area contributed by atoms with Crippen LogP contribution in [0.4, 0.5) is 18.9 Å². The second-order valence-corrected chi connectivity index (χ2v) is 11.5. The molecule has 2 aromatic carbocycles. The largest absolute Gasteiger partial charge is 0.494 e. The lowest BCUT2D eigenvalue weighted by atomic mass is 9.93. The van der Waals surface area contributed by atoms with Crippen molar-refractivity contribution in [3.8, 4) is 11.5 Å². The molecule has 2 amide bonds. The average Bonchev–Trinajstić information content (AvgIpc) is 3.44. The van der Waals surface area contributed by atoms with Gasteiger partial charge < -0.3 is 18.9 Å². The Balaban J connectivity index is 1.02. The van der Waals surface area contributed by atoms with Gasteiger partial charge in [0, 0.05) is 37.5 Å². The van der Waals surface area contributed by atoms with Crippen molar-refractivity contribution in [2.45, 2.75) is 51.1 Å². The van der Waals surface area contributed by atoms with Gasteiger partial charge in [-0.25, -0.2) is 14.5 Å². The first-order valence-electron chi connectivity index (χ1n) is 15.8. The number of alkyl halides is 3. The van der Waals surface area contributed by atoms with Gasteiger partial charge in [-0.05, 0) is 91.9 Å². The van der Waals surface area contributed by atoms with Crippen LogP contribution in [0.1, 0.15) is 55.3 Å². The molecule has 260 valence electrons. The Bertz CT molecular complexity index is 1770. The number of allylic oxidation sites excluding steroid dienone is 7. The molecule has 2 aliphatic carbocycles. The van der Waals surface area contributed by atoms with Gasteiger partial charge in [0.15, 0.2) is 0 Å². The van der Waals surface area contributed by atoms with Crippen LogP contribution in [0.25, 0.3) is 0 Å². The SMILES string of the molecule is O=C(/C=C/C1=CC=C(OC(=O)c2ccc(OCCCC(F)(F)F)cc2)CC1)OC1=CCC(C(=O)Oc2ccc(N3C(=O)C=CC3=O)cc2)CC1. The molecule has 0 N–H and O–H groups in total. The van der Waals surface area contributed by atoms with E-state index in [-0.39, 0.29) is 24.3 Å². The number of ether oxygens (including phenoxy) is 4. The predicted molar refractivity (Wildman–Crippen MR) is 172 cm³/mol. The van der Waals surface area contributed by atoms with E-state index >= 15 is 0 Å². The number of halogens is 3. The molecule has 1 heterocycles. The molecule has 5 rings (SSSR count). The summed E-state index contributed by atoms with van der Waals surface area (Å²) in [7, 11) is 0. The molecule has 0 fully saturated rings. The van der Waals surface area contributed by atoms with Gasteiger partial charge in [-0.1, -0.05) is 12.2 Å². The fourth-order valence-corrected chi connectivity index (χ4v) is 5.16. The highest BCUT2D eigenvalue weighted by Crippen LogP contribution is 2.29. The number of nitrogens with zero attached hydrogens (tertiary/aromatic N) is 1. The summed E-state index contributed by atoms with van der Waals surface area (Å²) < 4.78 is 58.4. The minimum Gasteiger partial charge on any atom is -0.494 e. The molecule has 0 bridgehead atoms. The van der Waals surface area contributed by atoms with Gasteiger partial charge in [0.25, 0.3) is 11.8 Å². The number of benzene rings is 2. The van der Waals surface area contributed by atoms with Crippen LogP contribution >= 0.6 is 0 Å². The van der Waals surface area contributed by atoms with Gasteiger partial charge in [-0.3, -0.25) is 14.4 Å². The van der Waals surface area contributed by atoms with Crippen LogP contribution < -0.4 is 14.4 Å². The molecule has 0 aromatic heterocycles. The van der Waals surface area contributed by atoms with Gasteiger partial charge in [0.05, 0.1) is 23.8 Å². The Morgan fingerprint density at radius 1 is 0.820 bits per heavy atom. The minimum absolute atomic E-state index is 0.0954. The molecule has 13 heteroatoms. The van der Waals surface area contributed by atoms with E-state index in [4.69, 9.17) is 18.9 Å². The number of anilines is 1. The summed E-state index contributed by atoms with van der Waals surface area (Å²) in [5, 5.41) is 0. The maximum atomic E-state index is 12.7. The summed E-state index contributed by atoms with van der Waals surface area (Å²) in [6.07, 6.45) is 7.03. The molecule has 0 radical (unpaired) electrons. The van der Waals surface area contributed by atoms with Crippen molar-refractivity contribution in [2.75, 3.05) is 11.5 Å². The van der Waals surface area contributed by atoms with Gasteiger partial charge in [-0.15, -0.1) is 0 Å². The third-order valence-corrected chi connectivity index (χ3v) is 7.82. The van der Waals surface area contributed by atoms with Gasteiger partial charge >= 0.3 is 24.1 Å². The second kappa shape index (κ2) is 16.1. The number of hydrogen-bond donors (Lipinski definition) is 0. The van der Waals surface area contributed by atoms with E-state index in [0.29, 0.717) is 55.1 Å². The van der Waals surface area contributed by atoms with Crippen LogP contribution in [0, 0.1) is 5.92 Å². The zero-order chi connectivity index (χ0) is 35.7. The first-order chi connectivity index (χ1) is 23.9. The summed E-state index contributed by atoms with van der Waals surface area (Å²) in [6, 6.07) is 12.0. The van der Waals surface area contributed by atoms with E-state index in [1.54, 1.807) is 24.3 Å². The summed E-state index contributed by atoms with van der Waals surface area (Å²) in [4.78, 5) is 62.3. The maximum absolute atomic E-state index is 12.7. The Hall–Kier alpha value is -5.72. The van der Waals surface area contributed by atoms with E-state index in [1.165, 1.54) is 66.8 Å². The molecule has 0 saturated heterocycles. The van der Waals surface area contributed by atoms with Crippen LogP contribution in [0.15, 0.2) is 108 Å². The number of carbonyl (C=O) groups is 5. The molecule has 3 aliphatic rings. The first kappa shape index (κ1) is 35.6. The Morgan fingerprint density at radius 2 is 1.52 bits per heavy atom. The maximum Gasteiger partial charge on any atom is 0.389 e. The van der Waals surface area contributed by atoms with E-state index in [1.807, 2.05) is 0 Å². The topological polar surface area (TPSA) is 126 Å². The van der Waals surface area contributed by atoms with E-state index in [2.05, 4.69) is 0 Å². The molecular weight excluding hydrogens is 659 g/mol. The Labute approximate surface area is 285 Å². The van der Waals surface area contributed by atoms with Crippen molar-refractivity contribution in [3.05, 3.63) is 114 Å². The van der Waals surface area contributed by atoms with Crippen LogP contribution in [-0.2, 0) is 28.7 Å². The zero-order valence-corrected chi connectivity index (χ0v) is 26.6. The molecule has 0 spiro atoms. The summed E-state index contributed by atoms with van der Waals surface area (Å²) in [5.74, 6) is -1.41. The molecule has 0 saturated carbocycles. The zero-order valence-electron chi connectivity index (χ0n) is 26.6. The number of esters is 3. The smallest absolute Gasteiger partial charge is 0.389 e. The average molecular weight is 692 g/mol. The van der Waals surface area contributed by atoms with Crippen LogP contribution in [-0.4, -0.2) is 42.5 Å². The molecule has 1 atom stereocenters. The second-order valence-electron chi connectivity index (χ2n) is 11.5. The third kappa shape index (κ3) is 10.1. The molecule has 10 nitrogen and oxygen atoms in total. The first-order valence-corrected chi connectivity index (χ1v) is 15.8. The normalized spacial score (nSPS) is 17.6. The monoisotopic (exact) mass is 691 g/mol. The van der Waals surface area contributed by atoms with Crippen LogP contribution in [0.5, 0.6) is 11.5 Å². The number of carbonyl (C=O) groups excluding carboxylic acids is 5. The lowest BCUT2D eigenvalue weighted by molar-refractivity contribution is -0.139. The highest BCUT2D eigenvalue weighted by atomic mass is 19.4. The van der Waals surface area contributed by atoms with Crippen molar-refractivity contribution in [1.82, 2.24) is 0 Å². The van der Waals surface area contributed by atoms with Crippen LogP contribution in [0.3, 0.4) is 0 Å². The van der Waals surface area contributed by atoms with E-state index in [0.717, 1.165) is 10.5 Å². The standard InChI is InChI=1S/C37H32F3NO9/c38-37(39,40)22-1-23-47-28-13-5-25(6-14-28)35(45)49-30-11-2-24(3-12-30)4-21-34(44)48-29-15-7-26(8-16-29)36(46)50-31-17-9-27(10-18-31)41-32(42)19-20-33(41)43/h2,4-6,9-11,13-15,17-21,26H,1,3,7-8,12,16,22-23H2/b21-4+. The van der Waals surface area contributed by atoms with Gasteiger partial charge in [0.1, 0.15) is 23.0 Å². The fourth-order valence-electron chi connectivity index (χ4n) is 5.16. The lowest BCUT2D eigenvalue weighted by Crippen LogP contribution is -2.29. The third-order valence-electron chi connectivity index (χ3n) is 7.82. The molecule has 1 aliphatic heterocycles. The minimum atomic E-state index is -4.23. The van der Waals surface area contributed by atoms with Crippen molar-refractivity contribution in [3.63, 3.8) is 0 Å². The highest BCUT2D eigenvalue weighted by molar-refractivity contribution is 6.28. The number of amides is 2. The highest BCUT2D eigenvalue weighted by Gasteiger charge is 2.28.